The molecular formula is C4H4O5. The van der Waals surface area contributed by atoms with Crippen molar-refractivity contribution < 1.29 is 24.9 Å². The van der Waals surface area contributed by atoms with Gasteiger partial charge in [0.05, 0.1) is 0 Å². The summed E-state index contributed by atoms with van der Waals surface area (Å²) in [5, 5.41) is 23.8. The molecule has 5 heteroatoms. The van der Waals surface area contributed by atoms with Gasteiger partial charge in [0.1, 0.15) is 6.26 Å². The van der Waals surface area contributed by atoms with E-state index in [1.54, 1.807) is 0 Å². The highest BCUT2D eigenvalue weighted by Gasteiger charge is 2.14. The number of carbonyl (C=O) groups is 2. The van der Waals surface area contributed by atoms with Gasteiger partial charge in [-0.25, -0.2) is 9.59 Å². The first-order valence-electron chi connectivity index (χ1n) is 1.90. The van der Waals surface area contributed by atoms with Crippen molar-refractivity contribution >= 4 is 11.9 Å². The van der Waals surface area contributed by atoms with Gasteiger partial charge in [-0.15, -0.1) is 0 Å². The van der Waals surface area contributed by atoms with Crippen molar-refractivity contribution in [2.24, 2.45) is 0 Å². The Bertz CT molecular complexity index is 152. The molecule has 0 rings (SSSR count). The van der Waals surface area contributed by atoms with Crippen LogP contribution in [0.15, 0.2) is 11.8 Å². The monoisotopic (exact) mass is 132 g/mol. The number of hydrogen-bond acceptors (Lipinski definition) is 3. The lowest BCUT2D eigenvalue weighted by Crippen LogP contribution is -2.10. The van der Waals surface area contributed by atoms with Crippen LogP contribution in [0.4, 0.5) is 0 Å². The van der Waals surface area contributed by atoms with E-state index in [4.69, 9.17) is 15.3 Å². The molecule has 0 aromatic carbocycles. The number of hydrogen-bond donors (Lipinski definition) is 3. The van der Waals surface area contributed by atoms with Crippen LogP contribution in [0.5, 0.6) is 0 Å². The van der Waals surface area contributed by atoms with Crippen LogP contribution in [-0.2, 0) is 9.59 Å². The third kappa shape index (κ3) is 1.81. The molecule has 50 valence electrons. The quantitative estimate of drug-likeness (QED) is 0.205. The molecule has 3 N–H and O–H groups in total. The summed E-state index contributed by atoms with van der Waals surface area (Å²) in [6.07, 6.45) is 0.0324. The van der Waals surface area contributed by atoms with E-state index in [1.807, 2.05) is 0 Å². The molecular weight excluding hydrogens is 128 g/mol. The van der Waals surface area contributed by atoms with Gasteiger partial charge in [0, 0.05) is 0 Å². The zero-order valence-electron chi connectivity index (χ0n) is 4.24. The van der Waals surface area contributed by atoms with Crippen LogP contribution in [0.1, 0.15) is 0 Å². The Labute approximate surface area is 49.9 Å². The molecule has 0 aromatic heterocycles. The van der Waals surface area contributed by atoms with Gasteiger partial charge < -0.3 is 15.3 Å². The maximum absolute atomic E-state index is 9.76. The van der Waals surface area contributed by atoms with Gasteiger partial charge in [0.2, 0.25) is 0 Å². The molecule has 0 unspecified atom stereocenters. The lowest BCUT2D eigenvalue weighted by atomic mass is 10.3. The van der Waals surface area contributed by atoms with E-state index in [2.05, 4.69) is 0 Å². The van der Waals surface area contributed by atoms with E-state index in [-0.39, 0.29) is 6.26 Å². The first-order valence-corrected chi connectivity index (χ1v) is 1.90. The number of rotatable bonds is 2. The van der Waals surface area contributed by atoms with Gasteiger partial charge in [-0.3, -0.25) is 0 Å². The number of aliphatic hydroxyl groups excluding tert-OH is 1. The van der Waals surface area contributed by atoms with E-state index in [1.165, 1.54) is 0 Å². The predicted molar refractivity (Wildman–Crippen MR) is 26.0 cm³/mol. The van der Waals surface area contributed by atoms with Crippen molar-refractivity contribution in [3.05, 3.63) is 11.8 Å². The summed E-state index contributed by atoms with van der Waals surface area (Å²) in [6.45, 7) is 0. The largest absolute Gasteiger partial charge is 0.514 e. The first-order chi connectivity index (χ1) is 4.09. The van der Waals surface area contributed by atoms with Gasteiger partial charge in [-0.05, 0) is 0 Å². The summed E-state index contributed by atoms with van der Waals surface area (Å²) in [6, 6.07) is 0. The molecule has 0 saturated carbocycles. The standard InChI is InChI=1S/C4H4O5/c5-1-2(3(6)7)4(8)9/h1,5H,(H,6,7)(H,8,9). The molecule has 0 spiro atoms. The van der Waals surface area contributed by atoms with Gasteiger partial charge in [-0.1, -0.05) is 0 Å². The number of aliphatic hydroxyl groups is 1. The van der Waals surface area contributed by atoms with Crippen molar-refractivity contribution in [1.82, 2.24) is 0 Å². The number of aliphatic carboxylic acids is 2. The van der Waals surface area contributed by atoms with E-state index >= 15 is 0 Å². The Morgan fingerprint density at radius 1 is 1.11 bits per heavy atom. The SMILES string of the molecule is O=C(O)C(=CO)C(=O)O. The maximum atomic E-state index is 9.76. The minimum absolute atomic E-state index is 0.0324. The van der Waals surface area contributed by atoms with Gasteiger partial charge in [-0.2, -0.15) is 0 Å². The zero-order valence-corrected chi connectivity index (χ0v) is 4.24. The topological polar surface area (TPSA) is 94.8 Å². The molecule has 0 amide bonds. The second-order valence-corrected chi connectivity index (χ2v) is 1.15. The third-order valence-electron chi connectivity index (χ3n) is 0.590. The fourth-order valence-corrected chi connectivity index (χ4v) is 0.202. The van der Waals surface area contributed by atoms with Crippen LogP contribution < -0.4 is 0 Å². The Kier molecular flexibility index (Phi) is 2.25. The van der Waals surface area contributed by atoms with Crippen LogP contribution in [0.2, 0.25) is 0 Å². The second-order valence-electron chi connectivity index (χ2n) is 1.15. The van der Waals surface area contributed by atoms with Gasteiger partial charge in [0.25, 0.3) is 0 Å². The second kappa shape index (κ2) is 2.71. The van der Waals surface area contributed by atoms with E-state index in [0.29, 0.717) is 0 Å². The zero-order chi connectivity index (χ0) is 7.44. The lowest BCUT2D eigenvalue weighted by Gasteiger charge is -1.88. The van der Waals surface area contributed by atoms with Crippen LogP contribution in [-0.4, -0.2) is 27.3 Å². The lowest BCUT2D eigenvalue weighted by molar-refractivity contribution is -0.140. The Balaban J connectivity index is 4.38. The number of carboxylic acid groups (broad SMARTS) is 2. The summed E-state index contributed by atoms with van der Waals surface area (Å²) in [4.78, 5) is 19.5. The highest BCUT2D eigenvalue weighted by Crippen LogP contribution is 1.90. The van der Waals surface area contributed by atoms with Crippen molar-refractivity contribution in [3.63, 3.8) is 0 Å². The molecule has 0 aliphatic rings. The third-order valence-corrected chi connectivity index (χ3v) is 0.590. The van der Waals surface area contributed by atoms with Gasteiger partial charge in [0.15, 0.2) is 5.57 Å². The average Bonchev–Trinajstić information content (AvgIpc) is 1.64. The van der Waals surface area contributed by atoms with E-state index < -0.39 is 17.5 Å². The first kappa shape index (κ1) is 7.48. The van der Waals surface area contributed by atoms with Gasteiger partial charge >= 0.3 is 11.9 Å². The molecule has 0 heterocycles. The molecule has 0 radical (unpaired) electrons. The summed E-state index contributed by atoms with van der Waals surface area (Å²) in [5.41, 5.74) is -1.05. The average molecular weight is 132 g/mol. The highest BCUT2D eigenvalue weighted by molar-refractivity contribution is 6.12. The Morgan fingerprint density at radius 2 is 1.44 bits per heavy atom. The molecule has 0 fully saturated rings. The smallest absolute Gasteiger partial charge is 0.346 e. The Hall–Kier alpha value is -1.52. The van der Waals surface area contributed by atoms with Crippen LogP contribution in [0, 0.1) is 0 Å². The minimum atomic E-state index is -1.66. The fraction of sp³-hybridized carbons (Fsp3) is 0. The molecule has 0 saturated heterocycles. The maximum Gasteiger partial charge on any atom is 0.346 e. The predicted octanol–water partition coefficient (Wildman–Crippen LogP) is -0.402. The van der Waals surface area contributed by atoms with Crippen LogP contribution >= 0.6 is 0 Å². The van der Waals surface area contributed by atoms with Crippen molar-refractivity contribution in [2.45, 2.75) is 0 Å². The molecule has 0 aromatic rings. The molecule has 0 atom stereocenters. The minimum Gasteiger partial charge on any atom is -0.514 e. The molecule has 0 bridgehead atoms. The van der Waals surface area contributed by atoms with Crippen LogP contribution in [0.25, 0.3) is 0 Å². The molecule has 0 aliphatic heterocycles. The summed E-state index contributed by atoms with van der Waals surface area (Å²) in [7, 11) is 0. The normalized spacial score (nSPS) is 8.00. The van der Waals surface area contributed by atoms with E-state index in [9.17, 15) is 9.59 Å². The summed E-state index contributed by atoms with van der Waals surface area (Å²) in [5.74, 6) is -3.32. The Morgan fingerprint density at radius 3 is 1.44 bits per heavy atom. The molecule has 9 heavy (non-hydrogen) atoms. The van der Waals surface area contributed by atoms with E-state index in [0.717, 1.165) is 0 Å². The number of carboxylic acids is 2. The van der Waals surface area contributed by atoms with Crippen molar-refractivity contribution in [2.75, 3.05) is 0 Å². The van der Waals surface area contributed by atoms with Crippen molar-refractivity contribution in [1.29, 1.82) is 0 Å². The fourth-order valence-electron chi connectivity index (χ4n) is 0.202. The molecule has 0 aliphatic carbocycles. The highest BCUT2D eigenvalue weighted by atomic mass is 16.4. The molecule has 5 nitrogen and oxygen atoms in total. The van der Waals surface area contributed by atoms with Crippen molar-refractivity contribution in [3.8, 4) is 0 Å². The summed E-state index contributed by atoms with van der Waals surface area (Å²) >= 11 is 0. The summed E-state index contributed by atoms with van der Waals surface area (Å²) < 4.78 is 0. The van der Waals surface area contributed by atoms with Crippen LogP contribution in [0.3, 0.4) is 0 Å².